The molecule has 1 fully saturated rings. The lowest BCUT2D eigenvalue weighted by Gasteiger charge is -2.35. The molecule has 1 amide bonds. The van der Waals surface area contributed by atoms with E-state index in [0.29, 0.717) is 0 Å². The molecule has 0 aromatic carbocycles. The van der Waals surface area contributed by atoms with Crippen molar-refractivity contribution in [2.75, 3.05) is 6.61 Å². The molecule has 0 unspecified atom stereocenters. The number of aliphatic hydroxyl groups excluding tert-OH is 3. The van der Waals surface area contributed by atoms with Crippen LogP contribution in [0.2, 0.25) is 0 Å². The Hall–Kier alpha value is -0.690. The van der Waals surface area contributed by atoms with Crippen LogP contribution in [0.3, 0.4) is 0 Å². The van der Waals surface area contributed by atoms with E-state index in [4.69, 9.17) is 14.9 Å². The zero-order valence-corrected chi connectivity index (χ0v) is 7.17. The summed E-state index contributed by atoms with van der Waals surface area (Å²) < 4.78 is 4.70. The van der Waals surface area contributed by atoms with Gasteiger partial charge in [-0.05, 0) is 0 Å². The normalized spacial score (nSPS) is 40.0. The maximum absolute atomic E-state index is 10.6. The van der Waals surface area contributed by atoms with E-state index in [9.17, 15) is 9.90 Å². The van der Waals surface area contributed by atoms with Gasteiger partial charge in [0.2, 0.25) is 5.91 Å². The van der Waals surface area contributed by atoms with Gasteiger partial charge in [-0.2, -0.15) is 0 Å². The third-order valence-electron chi connectivity index (χ3n) is 1.89. The predicted molar refractivity (Wildman–Crippen MR) is 41.6 cm³/mol. The van der Waals surface area contributed by atoms with E-state index < -0.39 is 24.5 Å². The molecule has 1 saturated heterocycles. The van der Waals surface area contributed by atoms with Crippen molar-refractivity contribution in [2.45, 2.75) is 31.5 Å². The van der Waals surface area contributed by atoms with Crippen LogP contribution in [-0.4, -0.2) is 52.4 Å². The summed E-state index contributed by atoms with van der Waals surface area (Å²) >= 11 is 0. The monoisotopic (exact) mass is 191 g/mol. The summed E-state index contributed by atoms with van der Waals surface area (Å²) in [6.45, 7) is 1.28. The fraction of sp³-hybridized carbons (Fsp3) is 0.857. The van der Waals surface area contributed by atoms with Gasteiger partial charge in [0.15, 0.2) is 6.29 Å². The highest BCUT2D eigenvalue weighted by Gasteiger charge is 2.37. The van der Waals surface area contributed by atoms with Gasteiger partial charge < -0.3 is 25.4 Å². The number of carbonyl (C=O) groups is 1. The fourth-order valence-corrected chi connectivity index (χ4v) is 1.19. The second-order valence-electron chi connectivity index (χ2n) is 3.01. The van der Waals surface area contributed by atoms with Crippen LogP contribution >= 0.6 is 0 Å². The molecule has 0 spiro atoms. The highest BCUT2D eigenvalue weighted by Crippen LogP contribution is 2.13. The number of nitrogens with one attached hydrogen (secondary N) is 1. The number of ether oxygens (including phenoxy) is 1. The van der Waals surface area contributed by atoms with Crippen molar-refractivity contribution in [3.8, 4) is 0 Å². The molecule has 13 heavy (non-hydrogen) atoms. The molecule has 4 atom stereocenters. The maximum Gasteiger partial charge on any atom is 0.217 e. The third-order valence-corrected chi connectivity index (χ3v) is 1.89. The van der Waals surface area contributed by atoms with Gasteiger partial charge in [0.25, 0.3) is 0 Å². The number of amides is 1. The predicted octanol–water partition coefficient (Wildman–Crippen LogP) is -2.44. The molecule has 0 aromatic rings. The molecule has 0 radical (unpaired) electrons. The summed E-state index contributed by atoms with van der Waals surface area (Å²) in [5, 5.41) is 29.9. The first kappa shape index (κ1) is 10.4. The molecule has 6 heteroatoms. The summed E-state index contributed by atoms with van der Waals surface area (Å²) in [6.07, 6.45) is -3.97. The first-order valence-corrected chi connectivity index (χ1v) is 3.95. The smallest absolute Gasteiger partial charge is 0.217 e. The lowest BCUT2D eigenvalue weighted by atomic mass is 10.0. The molecule has 0 bridgehead atoms. The van der Waals surface area contributed by atoms with Crippen molar-refractivity contribution in [2.24, 2.45) is 0 Å². The minimum absolute atomic E-state index is 0.0149. The van der Waals surface area contributed by atoms with Crippen LogP contribution in [-0.2, 0) is 9.53 Å². The lowest BCUT2D eigenvalue weighted by molar-refractivity contribution is -0.229. The van der Waals surface area contributed by atoms with Gasteiger partial charge in [0, 0.05) is 6.92 Å². The minimum Gasteiger partial charge on any atom is -0.388 e. The molecule has 1 aliphatic rings. The van der Waals surface area contributed by atoms with Gasteiger partial charge in [0.05, 0.1) is 12.6 Å². The van der Waals surface area contributed by atoms with Crippen molar-refractivity contribution < 1.29 is 24.9 Å². The van der Waals surface area contributed by atoms with E-state index in [2.05, 4.69) is 5.32 Å². The second-order valence-corrected chi connectivity index (χ2v) is 3.01. The largest absolute Gasteiger partial charge is 0.388 e. The van der Waals surface area contributed by atoms with Crippen molar-refractivity contribution in [1.29, 1.82) is 0 Å². The van der Waals surface area contributed by atoms with E-state index in [1.165, 1.54) is 6.92 Å². The first-order chi connectivity index (χ1) is 6.02. The van der Waals surface area contributed by atoms with Gasteiger partial charge in [-0.3, -0.25) is 4.79 Å². The van der Waals surface area contributed by atoms with E-state index in [1.807, 2.05) is 0 Å². The molecule has 1 rings (SSSR count). The maximum atomic E-state index is 10.6. The Morgan fingerprint density at radius 3 is 2.54 bits per heavy atom. The average Bonchev–Trinajstić information content (AvgIpc) is 2.06. The minimum atomic E-state index is -1.39. The van der Waals surface area contributed by atoms with E-state index in [0.717, 1.165) is 0 Å². The standard InChI is InChI=1S/C7H13NO5/c1-3(9)8-4-2-13-7(12)6(11)5(4)10/h4-7,10-12H,2H2,1H3,(H,8,9)/t4-,5+,6-,7+/m0/s1. The van der Waals surface area contributed by atoms with Gasteiger partial charge in [0.1, 0.15) is 12.2 Å². The lowest BCUT2D eigenvalue weighted by Crippen LogP contribution is -2.58. The van der Waals surface area contributed by atoms with E-state index in [-0.39, 0.29) is 12.5 Å². The Balaban J connectivity index is 2.53. The van der Waals surface area contributed by atoms with Gasteiger partial charge in [-0.15, -0.1) is 0 Å². The average molecular weight is 191 g/mol. The van der Waals surface area contributed by atoms with Gasteiger partial charge >= 0.3 is 0 Å². The summed E-state index contributed by atoms with van der Waals surface area (Å²) in [4.78, 5) is 10.6. The van der Waals surface area contributed by atoms with Crippen LogP contribution in [0.1, 0.15) is 6.92 Å². The zero-order chi connectivity index (χ0) is 10.0. The number of hydrogen-bond acceptors (Lipinski definition) is 5. The Morgan fingerprint density at radius 2 is 2.00 bits per heavy atom. The Labute approximate surface area is 75.1 Å². The summed E-state index contributed by atoms with van der Waals surface area (Å²) in [6, 6.07) is -0.670. The number of hydrogen-bond donors (Lipinski definition) is 4. The van der Waals surface area contributed by atoms with Crippen molar-refractivity contribution in [3.05, 3.63) is 0 Å². The number of rotatable bonds is 1. The van der Waals surface area contributed by atoms with Crippen LogP contribution in [0.4, 0.5) is 0 Å². The van der Waals surface area contributed by atoms with Crippen LogP contribution in [0.25, 0.3) is 0 Å². The Kier molecular flexibility index (Phi) is 3.21. The number of aliphatic hydroxyl groups is 3. The zero-order valence-electron chi connectivity index (χ0n) is 7.17. The molecule has 4 N–H and O–H groups in total. The van der Waals surface area contributed by atoms with Gasteiger partial charge in [-0.25, -0.2) is 0 Å². The van der Waals surface area contributed by atoms with Crippen molar-refractivity contribution in [1.82, 2.24) is 5.32 Å². The van der Waals surface area contributed by atoms with Crippen LogP contribution < -0.4 is 5.32 Å². The summed E-state index contributed by atoms with van der Waals surface area (Å²) in [7, 11) is 0. The Morgan fingerprint density at radius 1 is 1.38 bits per heavy atom. The molecule has 0 saturated carbocycles. The number of carbonyl (C=O) groups excluding carboxylic acids is 1. The quantitative estimate of drug-likeness (QED) is 0.369. The molecule has 76 valence electrons. The van der Waals surface area contributed by atoms with Gasteiger partial charge in [-0.1, -0.05) is 0 Å². The molecular weight excluding hydrogens is 178 g/mol. The SMILES string of the molecule is CC(=O)N[C@H]1CO[C@@H](O)[C@@H](O)[C@@H]1O. The van der Waals surface area contributed by atoms with Crippen molar-refractivity contribution in [3.63, 3.8) is 0 Å². The highest BCUT2D eigenvalue weighted by atomic mass is 16.6. The van der Waals surface area contributed by atoms with Crippen LogP contribution in [0.15, 0.2) is 0 Å². The third kappa shape index (κ3) is 2.38. The fourth-order valence-electron chi connectivity index (χ4n) is 1.19. The van der Waals surface area contributed by atoms with Crippen molar-refractivity contribution >= 4 is 5.91 Å². The molecule has 6 nitrogen and oxygen atoms in total. The summed E-state index contributed by atoms with van der Waals surface area (Å²) in [5.41, 5.74) is 0. The molecular formula is C7H13NO5. The van der Waals surface area contributed by atoms with E-state index >= 15 is 0 Å². The highest BCUT2D eigenvalue weighted by molar-refractivity contribution is 5.73. The molecule has 0 aliphatic carbocycles. The second kappa shape index (κ2) is 4.01. The van der Waals surface area contributed by atoms with Crippen LogP contribution in [0.5, 0.6) is 0 Å². The topological polar surface area (TPSA) is 99.0 Å². The molecule has 0 aromatic heterocycles. The molecule has 1 heterocycles. The van der Waals surface area contributed by atoms with Crippen LogP contribution in [0, 0.1) is 0 Å². The Bertz CT molecular complexity index is 197. The molecule has 1 aliphatic heterocycles. The summed E-state index contributed by atoms with van der Waals surface area (Å²) in [5.74, 6) is -0.323. The first-order valence-electron chi connectivity index (χ1n) is 3.95. The van der Waals surface area contributed by atoms with E-state index in [1.54, 1.807) is 0 Å².